The maximum absolute atomic E-state index is 13.5. The number of pyridine rings is 1. The SMILES string of the molecule is C=CCn1cc(C(=O)N(C)[C@@H]2CCCc3ccccc32)c2cc(C)[nH]c2c1=O. The van der Waals surface area contributed by atoms with Gasteiger partial charge >= 0.3 is 0 Å². The molecule has 4 rings (SSSR count). The second-order valence-corrected chi connectivity index (χ2v) is 7.55. The van der Waals surface area contributed by atoms with E-state index < -0.39 is 0 Å². The van der Waals surface area contributed by atoms with Gasteiger partial charge in [-0.25, -0.2) is 0 Å². The van der Waals surface area contributed by atoms with Crippen molar-refractivity contribution in [2.24, 2.45) is 0 Å². The van der Waals surface area contributed by atoms with E-state index in [9.17, 15) is 9.59 Å². The molecule has 28 heavy (non-hydrogen) atoms. The largest absolute Gasteiger partial charge is 0.354 e. The molecular weight excluding hydrogens is 350 g/mol. The molecule has 0 radical (unpaired) electrons. The Balaban J connectivity index is 1.80. The summed E-state index contributed by atoms with van der Waals surface area (Å²) in [5.74, 6) is -0.0662. The quantitative estimate of drug-likeness (QED) is 0.702. The third-order valence-corrected chi connectivity index (χ3v) is 5.68. The molecular formula is C23H25N3O2. The summed E-state index contributed by atoms with van der Waals surface area (Å²) in [6, 6.07) is 10.3. The van der Waals surface area contributed by atoms with Crippen molar-refractivity contribution in [3.05, 3.63) is 81.9 Å². The van der Waals surface area contributed by atoms with Gasteiger partial charge in [0.25, 0.3) is 11.5 Å². The predicted octanol–water partition coefficient (Wildman–Crippen LogP) is 3.97. The number of aromatic nitrogens is 2. The number of carbonyl (C=O) groups excluding carboxylic acids is 1. The molecule has 0 unspecified atom stereocenters. The van der Waals surface area contributed by atoms with Crippen LogP contribution in [0.15, 0.2) is 54.0 Å². The van der Waals surface area contributed by atoms with E-state index in [1.165, 1.54) is 11.1 Å². The molecule has 2 heterocycles. The summed E-state index contributed by atoms with van der Waals surface area (Å²) in [4.78, 5) is 31.2. The van der Waals surface area contributed by atoms with Crippen LogP contribution in [-0.2, 0) is 13.0 Å². The van der Waals surface area contributed by atoms with Crippen LogP contribution >= 0.6 is 0 Å². The van der Waals surface area contributed by atoms with Gasteiger partial charge in [0, 0.05) is 30.9 Å². The maximum Gasteiger partial charge on any atom is 0.275 e. The molecule has 1 aliphatic rings. The highest BCUT2D eigenvalue weighted by molar-refractivity contribution is 6.06. The van der Waals surface area contributed by atoms with E-state index in [0.29, 0.717) is 23.0 Å². The number of hydrogen-bond acceptors (Lipinski definition) is 2. The number of rotatable bonds is 4. The van der Waals surface area contributed by atoms with Crippen LogP contribution in [0.4, 0.5) is 0 Å². The summed E-state index contributed by atoms with van der Waals surface area (Å²) in [5.41, 5.74) is 4.30. The Morgan fingerprint density at radius 3 is 2.96 bits per heavy atom. The van der Waals surface area contributed by atoms with Crippen molar-refractivity contribution in [3.63, 3.8) is 0 Å². The van der Waals surface area contributed by atoms with E-state index in [4.69, 9.17) is 0 Å². The summed E-state index contributed by atoms with van der Waals surface area (Å²) in [6.45, 7) is 5.98. The Kier molecular flexibility index (Phi) is 4.67. The standard InChI is InChI=1S/C23H25N3O2/c1-4-12-26-14-19(18-13-15(2)24-21(18)23(26)28)22(27)25(3)20-11-7-9-16-8-5-6-10-17(16)20/h4-6,8,10,13-14,20,24H,1,7,9,11-12H2,2-3H3/t20-/m1/s1. The van der Waals surface area contributed by atoms with Gasteiger partial charge in [0.05, 0.1) is 11.6 Å². The molecule has 0 bridgehead atoms. The van der Waals surface area contributed by atoms with Crippen LogP contribution in [0.25, 0.3) is 10.9 Å². The second-order valence-electron chi connectivity index (χ2n) is 7.55. The molecule has 5 heteroatoms. The van der Waals surface area contributed by atoms with Crippen molar-refractivity contribution in [1.29, 1.82) is 0 Å². The molecule has 0 spiro atoms. The molecule has 1 amide bonds. The minimum absolute atomic E-state index is 0.0484. The first kappa shape index (κ1) is 18.3. The number of aromatic amines is 1. The van der Waals surface area contributed by atoms with E-state index in [1.54, 1.807) is 16.8 Å². The average molecular weight is 375 g/mol. The van der Waals surface area contributed by atoms with Crippen LogP contribution in [0.1, 0.15) is 46.1 Å². The lowest BCUT2D eigenvalue weighted by atomic mass is 9.87. The number of fused-ring (bicyclic) bond motifs is 2. The minimum Gasteiger partial charge on any atom is -0.354 e. The first-order valence-electron chi connectivity index (χ1n) is 9.70. The van der Waals surface area contributed by atoms with Gasteiger partial charge in [-0.05, 0) is 43.4 Å². The van der Waals surface area contributed by atoms with Crippen LogP contribution in [-0.4, -0.2) is 27.4 Å². The van der Waals surface area contributed by atoms with Gasteiger partial charge < -0.3 is 14.5 Å². The monoisotopic (exact) mass is 375 g/mol. The van der Waals surface area contributed by atoms with Crippen molar-refractivity contribution < 1.29 is 4.79 Å². The van der Waals surface area contributed by atoms with Crippen molar-refractivity contribution in [1.82, 2.24) is 14.5 Å². The van der Waals surface area contributed by atoms with Gasteiger partial charge in [-0.15, -0.1) is 6.58 Å². The Labute approximate surface area is 164 Å². The summed E-state index contributed by atoms with van der Waals surface area (Å²) in [7, 11) is 1.86. The molecule has 1 aromatic carbocycles. The Hall–Kier alpha value is -3.08. The summed E-state index contributed by atoms with van der Waals surface area (Å²) in [6.07, 6.45) is 6.40. The van der Waals surface area contributed by atoms with Crippen molar-refractivity contribution in [2.45, 2.75) is 38.8 Å². The Bertz CT molecular complexity index is 1120. The summed E-state index contributed by atoms with van der Waals surface area (Å²) >= 11 is 0. The van der Waals surface area contributed by atoms with E-state index in [-0.39, 0.29) is 17.5 Å². The molecule has 5 nitrogen and oxygen atoms in total. The fraction of sp³-hybridized carbons (Fsp3) is 0.304. The highest BCUT2D eigenvalue weighted by Crippen LogP contribution is 2.34. The van der Waals surface area contributed by atoms with Gasteiger partial charge in [-0.3, -0.25) is 9.59 Å². The number of amides is 1. The number of allylic oxidation sites excluding steroid dienone is 1. The van der Waals surface area contributed by atoms with Gasteiger partial charge in [-0.1, -0.05) is 30.3 Å². The van der Waals surface area contributed by atoms with E-state index in [0.717, 1.165) is 25.0 Å². The van der Waals surface area contributed by atoms with Gasteiger partial charge in [0.1, 0.15) is 5.52 Å². The normalized spacial score (nSPS) is 16.0. The molecule has 2 aromatic heterocycles. The topological polar surface area (TPSA) is 58.1 Å². The zero-order valence-corrected chi connectivity index (χ0v) is 16.4. The lowest BCUT2D eigenvalue weighted by Crippen LogP contribution is -2.34. The zero-order chi connectivity index (χ0) is 19.8. The van der Waals surface area contributed by atoms with Gasteiger partial charge in [-0.2, -0.15) is 0 Å². The molecule has 0 fully saturated rings. The molecule has 0 saturated heterocycles. The maximum atomic E-state index is 13.5. The van der Waals surface area contributed by atoms with Crippen LogP contribution in [0, 0.1) is 6.92 Å². The third kappa shape index (κ3) is 2.97. The number of hydrogen-bond donors (Lipinski definition) is 1. The van der Waals surface area contributed by atoms with E-state index in [2.05, 4.69) is 29.8 Å². The van der Waals surface area contributed by atoms with Crippen LogP contribution in [0.2, 0.25) is 0 Å². The zero-order valence-electron chi connectivity index (χ0n) is 16.4. The van der Waals surface area contributed by atoms with Crippen molar-refractivity contribution >= 4 is 16.8 Å². The van der Waals surface area contributed by atoms with E-state index in [1.807, 2.05) is 31.0 Å². The van der Waals surface area contributed by atoms with Gasteiger partial charge in [0.2, 0.25) is 0 Å². The van der Waals surface area contributed by atoms with Crippen molar-refractivity contribution in [3.8, 4) is 0 Å². The number of carbonyl (C=O) groups is 1. The highest BCUT2D eigenvalue weighted by atomic mass is 16.2. The number of benzene rings is 1. The first-order valence-corrected chi connectivity index (χ1v) is 9.70. The Morgan fingerprint density at radius 1 is 1.39 bits per heavy atom. The smallest absolute Gasteiger partial charge is 0.275 e. The van der Waals surface area contributed by atoms with Crippen LogP contribution in [0.3, 0.4) is 0 Å². The predicted molar refractivity (Wildman–Crippen MR) is 112 cm³/mol. The molecule has 0 saturated carbocycles. The lowest BCUT2D eigenvalue weighted by Gasteiger charge is -2.33. The highest BCUT2D eigenvalue weighted by Gasteiger charge is 2.28. The summed E-state index contributed by atoms with van der Waals surface area (Å²) < 4.78 is 1.54. The minimum atomic E-state index is -0.134. The molecule has 1 N–H and O–H groups in total. The van der Waals surface area contributed by atoms with E-state index >= 15 is 0 Å². The Morgan fingerprint density at radius 2 is 2.18 bits per heavy atom. The third-order valence-electron chi connectivity index (χ3n) is 5.68. The average Bonchev–Trinajstić information content (AvgIpc) is 3.10. The number of aryl methyl sites for hydroxylation is 2. The fourth-order valence-electron chi connectivity index (χ4n) is 4.31. The number of nitrogens with zero attached hydrogens (tertiary/aromatic N) is 2. The molecule has 1 aliphatic carbocycles. The van der Waals surface area contributed by atoms with Crippen molar-refractivity contribution in [2.75, 3.05) is 7.05 Å². The lowest BCUT2D eigenvalue weighted by molar-refractivity contribution is 0.0716. The molecule has 0 aliphatic heterocycles. The fourth-order valence-corrected chi connectivity index (χ4v) is 4.31. The summed E-state index contributed by atoms with van der Waals surface area (Å²) in [5, 5.41) is 0.684. The van der Waals surface area contributed by atoms with Gasteiger partial charge in [0.15, 0.2) is 0 Å². The van der Waals surface area contributed by atoms with Crippen LogP contribution < -0.4 is 5.56 Å². The molecule has 1 atom stereocenters. The second kappa shape index (κ2) is 7.15. The molecule has 144 valence electrons. The number of H-pyrrole nitrogens is 1. The number of nitrogens with one attached hydrogen (secondary N) is 1. The first-order chi connectivity index (χ1) is 13.5. The molecule has 3 aromatic rings. The van der Waals surface area contributed by atoms with Crippen LogP contribution in [0.5, 0.6) is 0 Å².